The van der Waals surface area contributed by atoms with E-state index in [1.54, 1.807) is 0 Å². The monoisotopic (exact) mass is 191 g/mol. The highest BCUT2D eigenvalue weighted by atomic mass is 17.1. The van der Waals surface area contributed by atoms with E-state index in [9.17, 15) is 4.79 Å². The van der Waals surface area contributed by atoms with Gasteiger partial charge in [0.2, 0.25) is 0 Å². The molecular weight excluding hydrogens is 177 g/mol. The summed E-state index contributed by atoms with van der Waals surface area (Å²) < 4.78 is 5.25. The zero-order valence-electron chi connectivity index (χ0n) is 8.11. The van der Waals surface area contributed by atoms with Gasteiger partial charge in [0.05, 0.1) is 0 Å². The Labute approximate surface area is 83.9 Å². The first kappa shape index (κ1) is 9.25. The number of benzene rings is 1. The lowest BCUT2D eigenvalue weighted by atomic mass is 10.0. The smallest absolute Gasteiger partial charge is 0.306 e. The molecule has 0 aliphatic carbocycles. The first-order valence-corrected chi connectivity index (χ1v) is 5.08. The lowest BCUT2D eigenvalue weighted by molar-refractivity contribution is -0.153. The lowest BCUT2D eigenvalue weighted by Crippen LogP contribution is -2.25. The van der Waals surface area contributed by atoms with E-state index in [0.29, 0.717) is 6.42 Å². The number of hydrogen-bond acceptors (Lipinski definition) is 2. The van der Waals surface area contributed by atoms with Gasteiger partial charge in [0.1, 0.15) is 6.10 Å². The molecular formula is C12H14O2. The van der Waals surface area contributed by atoms with Gasteiger partial charge in [0.25, 0.3) is 0 Å². The van der Waals surface area contributed by atoms with E-state index in [1.165, 1.54) is 5.56 Å². The van der Waals surface area contributed by atoms with Crippen molar-refractivity contribution >= 4 is 5.97 Å². The third-order valence-corrected chi connectivity index (χ3v) is 2.51. The number of carbonyl (C=O) groups is 1. The molecule has 14 heavy (non-hydrogen) atoms. The minimum atomic E-state index is -0.0443. The molecule has 0 N–H and O–H groups in total. The van der Waals surface area contributed by atoms with Gasteiger partial charge in [0, 0.05) is 12.8 Å². The van der Waals surface area contributed by atoms with Crippen LogP contribution in [0.5, 0.6) is 0 Å². The predicted octanol–water partition coefficient (Wildman–Crippen LogP) is 2.32. The minimum absolute atomic E-state index is 0.0443. The second kappa shape index (κ2) is 4.27. The fourth-order valence-electron chi connectivity index (χ4n) is 1.80. The Morgan fingerprint density at radius 1 is 1.29 bits per heavy atom. The third kappa shape index (κ3) is 2.34. The second-order valence-electron chi connectivity index (χ2n) is 3.69. The Bertz CT molecular complexity index is 305. The van der Waals surface area contributed by atoms with Crippen molar-refractivity contribution in [3.05, 3.63) is 35.9 Å². The van der Waals surface area contributed by atoms with Gasteiger partial charge in [-0.25, -0.2) is 0 Å². The molecule has 0 radical (unpaired) electrons. The molecule has 1 aliphatic heterocycles. The predicted molar refractivity (Wildman–Crippen MR) is 53.9 cm³/mol. The number of rotatable bonds is 2. The van der Waals surface area contributed by atoms with E-state index in [1.807, 2.05) is 18.2 Å². The van der Waals surface area contributed by atoms with Crippen molar-refractivity contribution in [3.63, 3.8) is 0 Å². The molecule has 1 aliphatic rings. The minimum Gasteiger partial charge on any atom is -0.462 e. The van der Waals surface area contributed by atoms with Crippen molar-refractivity contribution < 1.29 is 9.53 Å². The fourth-order valence-corrected chi connectivity index (χ4v) is 1.80. The van der Waals surface area contributed by atoms with Gasteiger partial charge in [-0.15, -0.1) is 0 Å². The van der Waals surface area contributed by atoms with Crippen LogP contribution in [0.3, 0.4) is 0 Å². The fraction of sp³-hybridized carbons (Fsp3) is 0.417. The zero-order chi connectivity index (χ0) is 9.80. The van der Waals surface area contributed by atoms with Crippen molar-refractivity contribution in [3.8, 4) is 0 Å². The van der Waals surface area contributed by atoms with Crippen molar-refractivity contribution in [2.24, 2.45) is 0 Å². The first-order chi connectivity index (χ1) is 6.84. The van der Waals surface area contributed by atoms with Gasteiger partial charge in [-0.05, 0) is 18.4 Å². The van der Waals surface area contributed by atoms with Gasteiger partial charge in [-0.1, -0.05) is 30.3 Å². The van der Waals surface area contributed by atoms with E-state index in [4.69, 9.17) is 4.74 Å². The average Bonchev–Trinajstić information content (AvgIpc) is 2.19. The molecule has 1 fully saturated rings. The lowest BCUT2D eigenvalue weighted by Gasteiger charge is -2.22. The number of esters is 1. The molecule has 0 bridgehead atoms. The van der Waals surface area contributed by atoms with Crippen LogP contribution in [-0.2, 0) is 16.0 Å². The summed E-state index contributed by atoms with van der Waals surface area (Å²) in [6, 6.07) is 10.2. The number of hydrogen-bond donors (Lipinski definition) is 0. The Balaban J connectivity index is 1.94. The summed E-state index contributed by atoms with van der Waals surface area (Å²) in [5.41, 5.74) is 1.24. The van der Waals surface area contributed by atoms with Crippen LogP contribution in [0.4, 0.5) is 0 Å². The molecule has 1 aromatic carbocycles. The molecule has 0 spiro atoms. The van der Waals surface area contributed by atoms with Gasteiger partial charge in [0.15, 0.2) is 0 Å². The van der Waals surface area contributed by atoms with E-state index >= 15 is 0 Å². The summed E-state index contributed by atoms with van der Waals surface area (Å²) in [5.74, 6) is -0.0443. The number of ether oxygens (including phenoxy) is 1. The molecule has 1 aromatic rings. The molecule has 1 heterocycles. The molecule has 0 saturated carbocycles. The molecule has 1 saturated heterocycles. The first-order valence-electron chi connectivity index (χ1n) is 5.08. The SMILES string of the molecule is [17O]=C1CCCC(Cc2ccccc2)O1. The number of carbonyl (C=O) groups excluding carboxylic acids is 1. The van der Waals surface area contributed by atoms with Crippen LogP contribution in [0.25, 0.3) is 0 Å². The molecule has 1 unspecified atom stereocenters. The summed E-state index contributed by atoms with van der Waals surface area (Å²) >= 11 is 0. The highest BCUT2D eigenvalue weighted by Crippen LogP contribution is 2.17. The molecule has 2 heteroatoms. The van der Waals surface area contributed by atoms with E-state index in [2.05, 4.69) is 12.1 Å². The van der Waals surface area contributed by atoms with Crippen LogP contribution in [0, 0.1) is 0 Å². The van der Waals surface area contributed by atoms with E-state index in [0.717, 1.165) is 19.3 Å². The summed E-state index contributed by atoms with van der Waals surface area (Å²) in [6.45, 7) is 0. The second-order valence-corrected chi connectivity index (χ2v) is 3.69. The van der Waals surface area contributed by atoms with Crippen LogP contribution in [-0.4, -0.2) is 12.1 Å². The maximum Gasteiger partial charge on any atom is 0.306 e. The maximum absolute atomic E-state index is 11.0. The Hall–Kier alpha value is -1.31. The largest absolute Gasteiger partial charge is 0.462 e. The Morgan fingerprint density at radius 2 is 2.07 bits per heavy atom. The summed E-state index contributed by atoms with van der Waals surface area (Å²) in [5, 5.41) is 0. The summed E-state index contributed by atoms with van der Waals surface area (Å²) in [6.07, 6.45) is 3.51. The van der Waals surface area contributed by atoms with E-state index < -0.39 is 0 Å². The van der Waals surface area contributed by atoms with Crippen LogP contribution >= 0.6 is 0 Å². The highest BCUT2D eigenvalue weighted by Gasteiger charge is 2.20. The highest BCUT2D eigenvalue weighted by molar-refractivity contribution is 5.70. The van der Waals surface area contributed by atoms with Crippen LogP contribution < -0.4 is 0 Å². The van der Waals surface area contributed by atoms with Crippen LogP contribution in [0.2, 0.25) is 0 Å². The topological polar surface area (TPSA) is 26.3 Å². The Kier molecular flexibility index (Phi) is 2.82. The van der Waals surface area contributed by atoms with Gasteiger partial charge >= 0.3 is 5.97 Å². The third-order valence-electron chi connectivity index (χ3n) is 2.51. The van der Waals surface area contributed by atoms with Crippen molar-refractivity contribution in [1.82, 2.24) is 0 Å². The van der Waals surface area contributed by atoms with Gasteiger partial charge in [-0.2, -0.15) is 0 Å². The van der Waals surface area contributed by atoms with Crippen molar-refractivity contribution in [1.29, 1.82) is 0 Å². The molecule has 0 aromatic heterocycles. The molecule has 0 amide bonds. The zero-order valence-corrected chi connectivity index (χ0v) is 8.11. The molecule has 74 valence electrons. The van der Waals surface area contributed by atoms with Crippen molar-refractivity contribution in [2.45, 2.75) is 31.8 Å². The average molecular weight is 191 g/mol. The Morgan fingerprint density at radius 3 is 2.79 bits per heavy atom. The number of cyclic esters (lactones) is 1. The molecule has 2 rings (SSSR count). The van der Waals surface area contributed by atoms with Gasteiger partial charge < -0.3 is 4.74 Å². The maximum atomic E-state index is 11.0. The van der Waals surface area contributed by atoms with Crippen LogP contribution in [0.15, 0.2) is 30.3 Å². The molecule has 1 atom stereocenters. The summed E-state index contributed by atoms with van der Waals surface area (Å²) in [7, 11) is 0. The van der Waals surface area contributed by atoms with Crippen molar-refractivity contribution in [2.75, 3.05) is 0 Å². The quantitative estimate of drug-likeness (QED) is 0.670. The van der Waals surface area contributed by atoms with Gasteiger partial charge in [-0.3, -0.25) is 4.79 Å². The van der Waals surface area contributed by atoms with E-state index in [-0.39, 0.29) is 12.1 Å². The summed E-state index contributed by atoms with van der Waals surface area (Å²) in [4.78, 5) is 11.0. The normalized spacial score (nSPS) is 21.7. The standard InChI is InChI=1S/C12H14O2/c13-12-8-4-7-11(14-12)9-10-5-2-1-3-6-10/h1-3,5-6,11H,4,7-9H2/i13+1. The van der Waals surface area contributed by atoms with Crippen LogP contribution in [0.1, 0.15) is 24.8 Å². The molecule has 2 nitrogen and oxygen atoms in total.